The summed E-state index contributed by atoms with van der Waals surface area (Å²) in [6.07, 6.45) is 0. The Bertz CT molecular complexity index is 791. The topological polar surface area (TPSA) is 69.6 Å². The number of carbonyl (C=O) groups is 2. The first kappa shape index (κ1) is 16.5. The minimum Gasteiger partial charge on any atom is -0.363 e. The standard InChI is InChI=1S/C18H17ClN2O3/c1-12(22)20-10-11-21-17(23)15-4-2-3-5-16(15)18(21,24)13-6-8-14(19)9-7-13/h2-9,24H,10-11H2,1H3,(H,20,22). The Balaban J connectivity index is 2.05. The van der Waals surface area contributed by atoms with E-state index in [0.29, 0.717) is 21.7 Å². The summed E-state index contributed by atoms with van der Waals surface area (Å²) >= 11 is 5.94. The Kier molecular flexibility index (Phi) is 4.30. The van der Waals surface area contributed by atoms with Crippen molar-refractivity contribution in [3.63, 3.8) is 0 Å². The van der Waals surface area contributed by atoms with Gasteiger partial charge in [0.05, 0.1) is 0 Å². The molecule has 1 aliphatic rings. The van der Waals surface area contributed by atoms with Crippen molar-refractivity contribution < 1.29 is 14.7 Å². The number of amides is 2. The number of hydrogen-bond donors (Lipinski definition) is 2. The predicted molar refractivity (Wildman–Crippen MR) is 90.6 cm³/mol. The number of aliphatic hydroxyl groups is 1. The number of rotatable bonds is 4. The Morgan fingerprint density at radius 2 is 1.88 bits per heavy atom. The molecular weight excluding hydrogens is 328 g/mol. The maximum absolute atomic E-state index is 12.8. The van der Waals surface area contributed by atoms with Crippen molar-refractivity contribution in [1.29, 1.82) is 0 Å². The van der Waals surface area contributed by atoms with Gasteiger partial charge in [0.25, 0.3) is 5.91 Å². The van der Waals surface area contributed by atoms with Gasteiger partial charge in [-0.2, -0.15) is 0 Å². The van der Waals surface area contributed by atoms with Crippen LogP contribution in [0.1, 0.15) is 28.4 Å². The molecule has 3 rings (SSSR count). The lowest BCUT2D eigenvalue weighted by Crippen LogP contribution is -2.47. The highest BCUT2D eigenvalue weighted by Gasteiger charge is 2.49. The van der Waals surface area contributed by atoms with E-state index in [2.05, 4.69) is 5.32 Å². The number of nitrogens with one attached hydrogen (secondary N) is 1. The average molecular weight is 345 g/mol. The Hall–Kier alpha value is -2.37. The summed E-state index contributed by atoms with van der Waals surface area (Å²) in [5.41, 5.74) is -0.0533. The molecule has 1 aliphatic heterocycles. The number of carbonyl (C=O) groups excluding carboxylic acids is 2. The Labute approximate surface area is 144 Å². The highest BCUT2D eigenvalue weighted by atomic mass is 35.5. The zero-order chi connectivity index (χ0) is 17.3. The summed E-state index contributed by atoms with van der Waals surface area (Å²) in [6, 6.07) is 13.7. The van der Waals surface area contributed by atoms with E-state index in [4.69, 9.17) is 11.6 Å². The molecule has 0 aliphatic carbocycles. The van der Waals surface area contributed by atoms with Crippen LogP contribution >= 0.6 is 11.6 Å². The number of halogens is 1. The molecular formula is C18H17ClN2O3. The monoisotopic (exact) mass is 344 g/mol. The highest BCUT2D eigenvalue weighted by molar-refractivity contribution is 6.30. The molecule has 0 saturated heterocycles. The maximum Gasteiger partial charge on any atom is 0.257 e. The molecule has 0 aromatic heterocycles. The van der Waals surface area contributed by atoms with Crippen LogP contribution in [0.2, 0.25) is 5.02 Å². The van der Waals surface area contributed by atoms with Gasteiger partial charge in [-0.1, -0.05) is 41.9 Å². The lowest BCUT2D eigenvalue weighted by Gasteiger charge is -2.35. The van der Waals surface area contributed by atoms with E-state index in [1.165, 1.54) is 11.8 Å². The fraction of sp³-hybridized carbons (Fsp3) is 0.222. The van der Waals surface area contributed by atoms with E-state index in [0.717, 1.165) is 0 Å². The minimum atomic E-state index is -1.59. The van der Waals surface area contributed by atoms with Gasteiger partial charge in [-0.15, -0.1) is 0 Å². The lowest BCUT2D eigenvalue weighted by molar-refractivity contribution is -0.119. The van der Waals surface area contributed by atoms with Crippen LogP contribution < -0.4 is 5.32 Å². The molecule has 0 spiro atoms. The molecule has 24 heavy (non-hydrogen) atoms. The first-order valence-electron chi connectivity index (χ1n) is 7.59. The van der Waals surface area contributed by atoms with Gasteiger partial charge in [0.1, 0.15) is 0 Å². The van der Waals surface area contributed by atoms with Crippen LogP contribution in [0, 0.1) is 0 Å². The maximum atomic E-state index is 12.8. The Morgan fingerprint density at radius 3 is 2.54 bits per heavy atom. The van der Waals surface area contributed by atoms with Crippen molar-refractivity contribution in [3.05, 3.63) is 70.2 Å². The lowest BCUT2D eigenvalue weighted by atomic mass is 9.94. The SMILES string of the molecule is CC(=O)NCCN1C(=O)c2ccccc2C1(O)c1ccc(Cl)cc1. The van der Waals surface area contributed by atoms with Crippen LogP contribution in [0.25, 0.3) is 0 Å². The van der Waals surface area contributed by atoms with E-state index in [1.807, 2.05) is 0 Å². The molecule has 1 atom stereocenters. The van der Waals surface area contributed by atoms with Crippen LogP contribution in [0.15, 0.2) is 48.5 Å². The molecule has 124 valence electrons. The van der Waals surface area contributed by atoms with Crippen molar-refractivity contribution in [2.75, 3.05) is 13.1 Å². The van der Waals surface area contributed by atoms with E-state index in [9.17, 15) is 14.7 Å². The van der Waals surface area contributed by atoms with Crippen LogP contribution in [0.3, 0.4) is 0 Å². The summed E-state index contributed by atoms with van der Waals surface area (Å²) in [5, 5.41) is 14.6. The van der Waals surface area contributed by atoms with E-state index in [1.54, 1.807) is 48.5 Å². The molecule has 2 N–H and O–H groups in total. The second-order valence-corrected chi connectivity index (χ2v) is 6.10. The third kappa shape index (κ3) is 2.66. The quantitative estimate of drug-likeness (QED) is 0.892. The predicted octanol–water partition coefficient (Wildman–Crippen LogP) is 2.13. The summed E-state index contributed by atoms with van der Waals surface area (Å²) in [7, 11) is 0. The molecule has 0 bridgehead atoms. The van der Waals surface area contributed by atoms with Gasteiger partial charge >= 0.3 is 0 Å². The fourth-order valence-electron chi connectivity index (χ4n) is 3.01. The third-order valence-corrected chi connectivity index (χ3v) is 4.38. The Morgan fingerprint density at radius 1 is 1.21 bits per heavy atom. The molecule has 6 heteroatoms. The van der Waals surface area contributed by atoms with Crippen molar-refractivity contribution in [2.24, 2.45) is 0 Å². The summed E-state index contributed by atoms with van der Waals surface area (Å²) in [6.45, 7) is 1.85. The van der Waals surface area contributed by atoms with Gasteiger partial charge in [-0.3, -0.25) is 9.59 Å². The smallest absolute Gasteiger partial charge is 0.257 e. The van der Waals surface area contributed by atoms with Crippen molar-refractivity contribution in [2.45, 2.75) is 12.6 Å². The molecule has 0 saturated carbocycles. The zero-order valence-electron chi connectivity index (χ0n) is 13.1. The number of nitrogens with zero attached hydrogens (tertiary/aromatic N) is 1. The van der Waals surface area contributed by atoms with Crippen molar-refractivity contribution >= 4 is 23.4 Å². The highest BCUT2D eigenvalue weighted by Crippen LogP contribution is 2.42. The largest absolute Gasteiger partial charge is 0.363 e. The molecule has 5 nitrogen and oxygen atoms in total. The fourth-order valence-corrected chi connectivity index (χ4v) is 3.14. The molecule has 1 heterocycles. The molecule has 2 aromatic rings. The van der Waals surface area contributed by atoms with Crippen LogP contribution in [-0.4, -0.2) is 34.9 Å². The van der Waals surface area contributed by atoms with E-state index < -0.39 is 5.72 Å². The van der Waals surface area contributed by atoms with Gasteiger partial charge < -0.3 is 15.3 Å². The first-order valence-corrected chi connectivity index (χ1v) is 7.96. The third-order valence-electron chi connectivity index (χ3n) is 4.12. The molecule has 0 radical (unpaired) electrons. The molecule has 2 amide bonds. The van der Waals surface area contributed by atoms with Gasteiger partial charge in [-0.25, -0.2) is 0 Å². The number of hydrogen-bond acceptors (Lipinski definition) is 3. The van der Waals surface area contributed by atoms with Crippen LogP contribution in [0.4, 0.5) is 0 Å². The van der Waals surface area contributed by atoms with Crippen LogP contribution in [-0.2, 0) is 10.5 Å². The van der Waals surface area contributed by atoms with Crippen molar-refractivity contribution in [3.8, 4) is 0 Å². The molecule has 0 fully saturated rings. The number of benzene rings is 2. The zero-order valence-corrected chi connectivity index (χ0v) is 13.9. The van der Waals surface area contributed by atoms with Crippen LogP contribution in [0.5, 0.6) is 0 Å². The summed E-state index contributed by atoms with van der Waals surface area (Å²) in [4.78, 5) is 25.2. The average Bonchev–Trinajstić information content (AvgIpc) is 2.78. The van der Waals surface area contributed by atoms with E-state index in [-0.39, 0.29) is 24.9 Å². The summed E-state index contributed by atoms with van der Waals surface area (Å²) < 4.78 is 0. The molecule has 2 aromatic carbocycles. The summed E-state index contributed by atoms with van der Waals surface area (Å²) in [5.74, 6) is -0.456. The second-order valence-electron chi connectivity index (χ2n) is 5.66. The number of fused-ring (bicyclic) bond motifs is 1. The van der Waals surface area contributed by atoms with Gasteiger partial charge in [0, 0.05) is 41.7 Å². The second kappa shape index (κ2) is 6.26. The minimum absolute atomic E-state index is 0.186. The van der Waals surface area contributed by atoms with Gasteiger partial charge in [-0.05, 0) is 18.2 Å². The van der Waals surface area contributed by atoms with Gasteiger partial charge in [0.2, 0.25) is 5.91 Å². The van der Waals surface area contributed by atoms with Crippen molar-refractivity contribution in [1.82, 2.24) is 10.2 Å². The molecule has 1 unspecified atom stereocenters. The van der Waals surface area contributed by atoms with Gasteiger partial charge in [0.15, 0.2) is 5.72 Å². The normalized spacial score (nSPS) is 19.3. The van der Waals surface area contributed by atoms with E-state index >= 15 is 0 Å². The first-order chi connectivity index (χ1) is 11.4.